The summed E-state index contributed by atoms with van der Waals surface area (Å²) in [4.78, 5) is 14.6. The van der Waals surface area contributed by atoms with E-state index in [0.717, 1.165) is 41.1 Å². The molecule has 30 heavy (non-hydrogen) atoms. The van der Waals surface area contributed by atoms with Crippen LogP contribution in [0.5, 0.6) is 11.5 Å². The molecule has 2 atom stereocenters. The van der Waals surface area contributed by atoms with E-state index in [-0.39, 0.29) is 17.9 Å². The first kappa shape index (κ1) is 20.5. The van der Waals surface area contributed by atoms with Gasteiger partial charge in [-0.3, -0.25) is 4.79 Å². The fourth-order valence-corrected chi connectivity index (χ4v) is 4.28. The van der Waals surface area contributed by atoms with Crippen LogP contribution in [-0.4, -0.2) is 40.7 Å². The van der Waals surface area contributed by atoms with E-state index in [4.69, 9.17) is 21.1 Å². The third kappa shape index (κ3) is 4.10. The molecule has 0 radical (unpaired) electrons. The Labute approximate surface area is 181 Å². The number of methoxy groups -OCH3 is 1. The van der Waals surface area contributed by atoms with Crippen LogP contribution >= 0.6 is 11.6 Å². The fraction of sp³-hybridized carbons (Fsp3) is 0.391. The van der Waals surface area contributed by atoms with Crippen molar-refractivity contribution in [2.75, 3.05) is 20.3 Å². The molecule has 3 aromatic rings. The van der Waals surface area contributed by atoms with Crippen molar-refractivity contribution in [2.45, 2.75) is 32.7 Å². The SMILES string of the molecule is COc1ccc([C@@H](C)N2C[C@H](CCOc3cc(Cl)cn4ncc(C)c34)CC2=O)cc1. The van der Waals surface area contributed by atoms with Gasteiger partial charge in [-0.15, -0.1) is 0 Å². The Kier molecular flexibility index (Phi) is 5.86. The van der Waals surface area contributed by atoms with Crippen LogP contribution in [0.2, 0.25) is 5.02 Å². The van der Waals surface area contributed by atoms with Crippen LogP contribution in [-0.2, 0) is 4.79 Å². The highest BCUT2D eigenvalue weighted by Crippen LogP contribution is 2.32. The van der Waals surface area contributed by atoms with Gasteiger partial charge in [-0.1, -0.05) is 23.7 Å². The minimum absolute atomic E-state index is 0.0383. The molecule has 0 bridgehead atoms. The van der Waals surface area contributed by atoms with Crippen LogP contribution < -0.4 is 9.47 Å². The molecular formula is C23H26ClN3O3. The maximum absolute atomic E-state index is 12.6. The highest BCUT2D eigenvalue weighted by atomic mass is 35.5. The number of aromatic nitrogens is 2. The number of amides is 1. The molecule has 7 heteroatoms. The lowest BCUT2D eigenvalue weighted by Crippen LogP contribution is -2.28. The number of carbonyl (C=O) groups is 1. The fourth-order valence-electron chi connectivity index (χ4n) is 4.09. The van der Waals surface area contributed by atoms with Crippen molar-refractivity contribution in [1.82, 2.24) is 14.5 Å². The Hall–Kier alpha value is -2.73. The van der Waals surface area contributed by atoms with E-state index in [1.54, 1.807) is 24.0 Å². The second-order valence-corrected chi connectivity index (χ2v) is 8.28. The van der Waals surface area contributed by atoms with Gasteiger partial charge in [0.25, 0.3) is 0 Å². The summed E-state index contributed by atoms with van der Waals surface area (Å²) in [5, 5.41) is 4.88. The van der Waals surface area contributed by atoms with Gasteiger partial charge < -0.3 is 14.4 Å². The van der Waals surface area contributed by atoms with Crippen LogP contribution in [0.3, 0.4) is 0 Å². The Bertz CT molecular complexity index is 1050. The number of nitrogens with zero attached hydrogens (tertiary/aromatic N) is 3. The number of fused-ring (bicyclic) bond motifs is 1. The average Bonchev–Trinajstić information content (AvgIpc) is 3.29. The van der Waals surface area contributed by atoms with E-state index in [9.17, 15) is 4.79 Å². The summed E-state index contributed by atoms with van der Waals surface area (Å²) in [6.07, 6.45) is 4.93. The lowest BCUT2D eigenvalue weighted by molar-refractivity contribution is -0.129. The van der Waals surface area contributed by atoms with Gasteiger partial charge in [0.05, 0.1) is 31.0 Å². The predicted octanol–water partition coefficient (Wildman–Crippen LogP) is 4.68. The molecular weight excluding hydrogens is 402 g/mol. The largest absolute Gasteiger partial charge is 0.497 e. The highest BCUT2D eigenvalue weighted by Gasteiger charge is 2.33. The zero-order chi connectivity index (χ0) is 21.3. The summed E-state index contributed by atoms with van der Waals surface area (Å²) in [5.74, 6) is 2.02. The maximum atomic E-state index is 12.6. The molecule has 1 aliphatic heterocycles. The first-order valence-corrected chi connectivity index (χ1v) is 10.5. The van der Waals surface area contributed by atoms with Gasteiger partial charge in [-0.05, 0) is 49.4 Å². The molecule has 1 amide bonds. The Morgan fingerprint density at radius 3 is 2.80 bits per heavy atom. The van der Waals surface area contributed by atoms with Crippen LogP contribution in [0.25, 0.3) is 5.52 Å². The lowest BCUT2D eigenvalue weighted by Gasteiger charge is -2.25. The molecule has 1 aromatic carbocycles. The number of pyridine rings is 1. The molecule has 1 aliphatic rings. The number of likely N-dealkylation sites (tertiary alicyclic amines) is 1. The van der Waals surface area contributed by atoms with Crippen LogP contribution in [0.4, 0.5) is 0 Å². The molecule has 6 nitrogen and oxygen atoms in total. The molecule has 0 aliphatic carbocycles. The van der Waals surface area contributed by atoms with Gasteiger partial charge in [0, 0.05) is 25.2 Å². The number of halogens is 1. The number of hydrogen-bond donors (Lipinski definition) is 0. The zero-order valence-electron chi connectivity index (χ0n) is 17.5. The van der Waals surface area contributed by atoms with Crippen LogP contribution in [0.1, 0.15) is 36.9 Å². The Morgan fingerprint density at radius 2 is 2.07 bits per heavy atom. The van der Waals surface area contributed by atoms with Gasteiger partial charge in [-0.2, -0.15) is 5.10 Å². The van der Waals surface area contributed by atoms with Gasteiger partial charge in [0.15, 0.2) is 0 Å². The summed E-state index contributed by atoms with van der Waals surface area (Å²) in [6.45, 7) is 5.34. The van der Waals surface area contributed by atoms with E-state index in [0.29, 0.717) is 18.1 Å². The second kappa shape index (κ2) is 8.56. The van der Waals surface area contributed by atoms with Crippen molar-refractivity contribution in [3.63, 3.8) is 0 Å². The predicted molar refractivity (Wildman–Crippen MR) is 116 cm³/mol. The van der Waals surface area contributed by atoms with Crippen molar-refractivity contribution in [3.05, 3.63) is 58.9 Å². The Balaban J connectivity index is 1.36. The number of hydrogen-bond acceptors (Lipinski definition) is 4. The Morgan fingerprint density at radius 1 is 1.30 bits per heavy atom. The molecule has 3 heterocycles. The minimum atomic E-state index is 0.0383. The first-order valence-electron chi connectivity index (χ1n) is 10.2. The quantitative estimate of drug-likeness (QED) is 0.549. The first-order chi connectivity index (χ1) is 14.5. The van der Waals surface area contributed by atoms with Crippen LogP contribution in [0, 0.1) is 12.8 Å². The maximum Gasteiger partial charge on any atom is 0.223 e. The smallest absolute Gasteiger partial charge is 0.223 e. The third-order valence-electron chi connectivity index (χ3n) is 5.81. The number of benzene rings is 1. The summed E-state index contributed by atoms with van der Waals surface area (Å²) in [6, 6.07) is 9.76. The van der Waals surface area contributed by atoms with Crippen molar-refractivity contribution >= 4 is 23.0 Å². The van der Waals surface area contributed by atoms with Crippen molar-refractivity contribution in [3.8, 4) is 11.5 Å². The number of carbonyl (C=O) groups excluding carboxylic acids is 1. The third-order valence-corrected chi connectivity index (χ3v) is 6.02. The molecule has 2 aromatic heterocycles. The van der Waals surface area contributed by atoms with Crippen molar-refractivity contribution < 1.29 is 14.3 Å². The van der Waals surface area contributed by atoms with Gasteiger partial charge in [0.2, 0.25) is 5.91 Å². The number of ether oxygens (including phenoxy) is 2. The molecule has 0 unspecified atom stereocenters. The van der Waals surface area contributed by atoms with Crippen LogP contribution in [0.15, 0.2) is 42.7 Å². The summed E-state index contributed by atoms with van der Waals surface area (Å²) >= 11 is 6.19. The van der Waals surface area contributed by atoms with E-state index < -0.39 is 0 Å². The molecule has 0 N–H and O–H groups in total. The summed E-state index contributed by atoms with van der Waals surface area (Å²) in [5.41, 5.74) is 3.08. The average molecular weight is 428 g/mol. The standard InChI is InChI=1S/C23H26ClN3O3/c1-15-12-25-27-14-19(24)11-21(23(15)27)30-9-8-17-10-22(28)26(13-17)16(2)18-4-6-20(29-3)7-5-18/h4-7,11-12,14,16-17H,8-10,13H2,1-3H3/t16-,17-/m1/s1. The van der Waals surface area contributed by atoms with E-state index >= 15 is 0 Å². The van der Waals surface area contributed by atoms with Crippen molar-refractivity contribution in [2.24, 2.45) is 5.92 Å². The molecule has 0 saturated carbocycles. The zero-order valence-corrected chi connectivity index (χ0v) is 18.2. The molecule has 1 fully saturated rings. The molecule has 158 valence electrons. The minimum Gasteiger partial charge on any atom is -0.497 e. The summed E-state index contributed by atoms with van der Waals surface area (Å²) in [7, 11) is 1.65. The van der Waals surface area contributed by atoms with E-state index in [1.165, 1.54) is 0 Å². The molecule has 0 spiro atoms. The van der Waals surface area contributed by atoms with E-state index in [1.807, 2.05) is 42.2 Å². The topological polar surface area (TPSA) is 56.1 Å². The second-order valence-electron chi connectivity index (χ2n) is 7.85. The monoisotopic (exact) mass is 427 g/mol. The number of aryl methyl sites for hydroxylation is 1. The van der Waals surface area contributed by atoms with Gasteiger partial charge in [-0.25, -0.2) is 4.52 Å². The van der Waals surface area contributed by atoms with Gasteiger partial charge in [0.1, 0.15) is 17.0 Å². The van der Waals surface area contributed by atoms with Crippen molar-refractivity contribution in [1.29, 1.82) is 0 Å². The molecule has 4 rings (SSSR count). The summed E-state index contributed by atoms with van der Waals surface area (Å²) < 4.78 is 13.0. The number of rotatable bonds is 7. The lowest BCUT2D eigenvalue weighted by atomic mass is 10.1. The van der Waals surface area contributed by atoms with Gasteiger partial charge >= 0.3 is 0 Å². The normalized spacial score (nSPS) is 17.5. The highest BCUT2D eigenvalue weighted by molar-refractivity contribution is 6.30. The van der Waals surface area contributed by atoms with E-state index in [2.05, 4.69) is 12.0 Å². The molecule has 1 saturated heterocycles.